The van der Waals surface area contributed by atoms with Crippen molar-refractivity contribution in [2.24, 2.45) is 0 Å². The van der Waals surface area contributed by atoms with Crippen molar-refractivity contribution in [2.45, 2.75) is 0 Å². The molecule has 0 fully saturated rings. The first-order valence-electron chi connectivity index (χ1n) is 17.0. The summed E-state index contributed by atoms with van der Waals surface area (Å²) in [5.74, 6) is 0. The molecule has 0 N–H and O–H groups in total. The summed E-state index contributed by atoms with van der Waals surface area (Å²) < 4.78 is 23.5. The third kappa shape index (κ3) is 4.03. The highest BCUT2D eigenvalue weighted by Crippen LogP contribution is 2.45. The van der Waals surface area contributed by atoms with Crippen LogP contribution >= 0.6 is 0 Å². The van der Waals surface area contributed by atoms with Gasteiger partial charge in [-0.2, -0.15) is 0 Å². The second-order valence-electron chi connectivity index (χ2n) is 12.3. The fourth-order valence-electron chi connectivity index (χ4n) is 7.52. The van der Waals surface area contributed by atoms with Crippen molar-refractivity contribution in [3.63, 3.8) is 0 Å². The number of hydrogen-bond acceptors (Lipinski definition) is 1. The van der Waals surface area contributed by atoms with E-state index in [0.29, 0.717) is 5.58 Å². The van der Waals surface area contributed by atoms with Crippen molar-refractivity contribution >= 4 is 65.0 Å². The molecule has 1 heteroatoms. The van der Waals surface area contributed by atoms with E-state index in [9.17, 15) is 0 Å². The van der Waals surface area contributed by atoms with Gasteiger partial charge in [-0.1, -0.05) is 140 Å². The van der Waals surface area contributed by atoms with Crippen LogP contribution in [0.3, 0.4) is 0 Å². The van der Waals surface area contributed by atoms with Gasteiger partial charge in [0.25, 0.3) is 0 Å². The Morgan fingerprint density at radius 2 is 0.894 bits per heavy atom. The number of furan rings is 1. The van der Waals surface area contributed by atoms with Gasteiger partial charge in [-0.05, 0) is 107 Å². The molecule has 0 spiro atoms. The van der Waals surface area contributed by atoms with E-state index >= 15 is 0 Å². The van der Waals surface area contributed by atoms with Crippen LogP contribution in [-0.2, 0) is 0 Å². The molecule has 0 aliphatic rings. The van der Waals surface area contributed by atoms with Gasteiger partial charge in [-0.3, -0.25) is 0 Å². The van der Waals surface area contributed by atoms with Crippen LogP contribution in [0.25, 0.3) is 98.4 Å². The molecule has 0 radical (unpaired) electrons. The molecule has 0 unspecified atom stereocenters. The lowest BCUT2D eigenvalue weighted by molar-refractivity contribution is 0.669. The zero-order valence-electron chi connectivity index (χ0n) is 27.4. The maximum atomic E-state index is 8.70. The second-order valence-corrected chi connectivity index (χ2v) is 12.3. The Labute approximate surface area is 274 Å². The highest BCUT2D eigenvalue weighted by Gasteiger charge is 2.18. The molecule has 0 atom stereocenters. The predicted octanol–water partition coefficient (Wildman–Crippen LogP) is 13.2. The largest absolute Gasteiger partial charge is 0.456 e. The zero-order chi connectivity index (χ0) is 32.6. The van der Waals surface area contributed by atoms with E-state index in [1.807, 2.05) is 30.3 Å². The molecule has 10 aromatic rings. The number of benzene rings is 9. The van der Waals surface area contributed by atoms with E-state index in [-0.39, 0.29) is 12.1 Å². The third-order valence-corrected chi connectivity index (χ3v) is 9.65. The average Bonchev–Trinajstić information content (AvgIpc) is 3.55. The first-order valence-corrected chi connectivity index (χ1v) is 16.0. The Morgan fingerprint density at radius 3 is 1.62 bits per heavy atom. The molecular weight excluding hydrogens is 569 g/mol. The van der Waals surface area contributed by atoms with E-state index in [1.165, 1.54) is 49.0 Å². The molecule has 0 amide bonds. The average molecular weight is 599 g/mol. The molecule has 1 nitrogen and oxygen atoms in total. The number of hydrogen-bond donors (Lipinski definition) is 0. The van der Waals surface area contributed by atoms with Crippen molar-refractivity contribution in [3.8, 4) is 33.4 Å². The molecule has 0 aliphatic heterocycles. The van der Waals surface area contributed by atoms with Gasteiger partial charge >= 0.3 is 0 Å². The molecule has 9 aromatic carbocycles. The Balaban J connectivity index is 1.20. The monoisotopic (exact) mass is 598 g/mol. The molecule has 1 aromatic heterocycles. The van der Waals surface area contributed by atoms with Crippen LogP contribution in [0.15, 0.2) is 174 Å². The summed E-state index contributed by atoms with van der Waals surface area (Å²) in [5, 5.41) is 10.9. The third-order valence-electron chi connectivity index (χ3n) is 9.65. The first-order chi connectivity index (χ1) is 24.1. The Kier molecular flexibility index (Phi) is 5.21. The molecule has 0 bridgehead atoms. The standard InChI is InChI=1S/C46H28O/c1-2-12-31-26-35(21-20-29(31)10-1)45-39-18-7-5-16-37(39)44(38-17-6-8-19-40(38)45)34-14-9-13-32(27-34)33-23-24-42-41(28-33)46-36-15-4-3-11-30(36)22-25-43(46)47-42/h1-28H/i22D,25D. The number of fused-ring (bicyclic) bond motifs is 8. The maximum absolute atomic E-state index is 8.70. The van der Waals surface area contributed by atoms with Crippen LogP contribution in [0.2, 0.25) is 0 Å². The molecule has 47 heavy (non-hydrogen) atoms. The van der Waals surface area contributed by atoms with Gasteiger partial charge < -0.3 is 4.42 Å². The molecule has 0 saturated heterocycles. The Morgan fingerprint density at radius 1 is 0.340 bits per heavy atom. The van der Waals surface area contributed by atoms with Gasteiger partial charge in [0.1, 0.15) is 11.2 Å². The van der Waals surface area contributed by atoms with Crippen molar-refractivity contribution in [2.75, 3.05) is 0 Å². The molecule has 218 valence electrons. The van der Waals surface area contributed by atoms with E-state index in [2.05, 4.69) is 127 Å². The fourth-order valence-corrected chi connectivity index (χ4v) is 7.52. The van der Waals surface area contributed by atoms with Crippen molar-refractivity contribution in [3.05, 3.63) is 170 Å². The molecule has 0 saturated carbocycles. The van der Waals surface area contributed by atoms with Gasteiger partial charge in [-0.15, -0.1) is 0 Å². The summed E-state index contributed by atoms with van der Waals surface area (Å²) in [4.78, 5) is 0. The summed E-state index contributed by atoms with van der Waals surface area (Å²) in [6.07, 6.45) is 0. The Hall–Kier alpha value is -6.18. The predicted molar refractivity (Wildman–Crippen MR) is 200 cm³/mol. The quantitative estimate of drug-likeness (QED) is 0.184. The van der Waals surface area contributed by atoms with E-state index < -0.39 is 0 Å². The van der Waals surface area contributed by atoms with Crippen molar-refractivity contribution in [1.29, 1.82) is 0 Å². The minimum absolute atomic E-state index is 0.124. The summed E-state index contributed by atoms with van der Waals surface area (Å²) in [5.41, 5.74) is 8.22. The minimum atomic E-state index is 0.124. The van der Waals surface area contributed by atoms with Gasteiger partial charge in [0, 0.05) is 10.8 Å². The highest BCUT2D eigenvalue weighted by atomic mass is 16.3. The fraction of sp³-hybridized carbons (Fsp3) is 0. The van der Waals surface area contributed by atoms with Crippen LogP contribution in [0.1, 0.15) is 2.74 Å². The summed E-state index contributed by atoms with van der Waals surface area (Å²) >= 11 is 0. The van der Waals surface area contributed by atoms with Gasteiger partial charge in [0.15, 0.2) is 0 Å². The first kappa shape index (κ1) is 24.1. The maximum Gasteiger partial charge on any atom is 0.136 e. The van der Waals surface area contributed by atoms with Crippen molar-refractivity contribution < 1.29 is 7.16 Å². The summed E-state index contributed by atoms with van der Waals surface area (Å²) in [6, 6.07) is 56.2. The second kappa shape index (κ2) is 10.2. The lowest BCUT2D eigenvalue weighted by Crippen LogP contribution is -1.91. The van der Waals surface area contributed by atoms with E-state index in [4.69, 9.17) is 7.16 Å². The lowest BCUT2D eigenvalue weighted by atomic mass is 9.85. The Bertz CT molecular complexity index is 2910. The van der Waals surface area contributed by atoms with Gasteiger partial charge in [0.2, 0.25) is 0 Å². The molecule has 1 heterocycles. The van der Waals surface area contributed by atoms with Crippen LogP contribution in [0, 0.1) is 0 Å². The molecule has 0 aliphatic carbocycles. The zero-order valence-corrected chi connectivity index (χ0v) is 25.4. The smallest absolute Gasteiger partial charge is 0.136 e. The normalized spacial score (nSPS) is 12.4. The summed E-state index contributed by atoms with van der Waals surface area (Å²) in [6.45, 7) is 0. The summed E-state index contributed by atoms with van der Waals surface area (Å²) in [7, 11) is 0. The van der Waals surface area contributed by atoms with Crippen LogP contribution < -0.4 is 0 Å². The SMILES string of the molecule is [2H]c1c([2H])c2oc3ccc(-c4cccc(-c5c6ccccc6c(-c6ccc7ccccc7c6)c6ccccc56)c4)cc3c2c2ccccc12. The van der Waals surface area contributed by atoms with Crippen molar-refractivity contribution in [1.82, 2.24) is 0 Å². The molecule has 10 rings (SSSR count). The van der Waals surface area contributed by atoms with E-state index in [0.717, 1.165) is 43.8 Å². The highest BCUT2D eigenvalue weighted by molar-refractivity contribution is 6.22. The van der Waals surface area contributed by atoms with Crippen LogP contribution in [-0.4, -0.2) is 0 Å². The molecular formula is C46H28O. The lowest BCUT2D eigenvalue weighted by Gasteiger charge is -2.18. The van der Waals surface area contributed by atoms with Crippen LogP contribution in [0.5, 0.6) is 0 Å². The van der Waals surface area contributed by atoms with E-state index in [1.54, 1.807) is 0 Å². The van der Waals surface area contributed by atoms with Gasteiger partial charge in [-0.25, -0.2) is 0 Å². The minimum Gasteiger partial charge on any atom is -0.456 e. The van der Waals surface area contributed by atoms with Crippen LogP contribution in [0.4, 0.5) is 0 Å². The topological polar surface area (TPSA) is 13.1 Å². The van der Waals surface area contributed by atoms with Gasteiger partial charge in [0.05, 0.1) is 2.74 Å². The number of rotatable bonds is 3.